The number of rotatable bonds is 6. The van der Waals surface area contributed by atoms with Crippen molar-refractivity contribution in [1.29, 1.82) is 0 Å². The highest BCUT2D eigenvalue weighted by Gasteiger charge is 2.30. The number of hydrogen-bond donors (Lipinski definition) is 1. The van der Waals surface area contributed by atoms with E-state index in [2.05, 4.69) is 10.3 Å². The Labute approximate surface area is 134 Å². The lowest BCUT2D eigenvalue weighted by atomic mass is 10.3. The summed E-state index contributed by atoms with van der Waals surface area (Å²) in [6.45, 7) is 4.56. The van der Waals surface area contributed by atoms with Gasteiger partial charge in [-0.3, -0.25) is 10.1 Å². The zero-order valence-electron chi connectivity index (χ0n) is 13.0. The Morgan fingerprint density at radius 3 is 2.57 bits per heavy atom. The number of nitro groups is 1. The fraction of sp³-hybridized carbons (Fsp3) is 0.615. The van der Waals surface area contributed by atoms with E-state index in [4.69, 9.17) is 4.74 Å². The van der Waals surface area contributed by atoms with E-state index in [0.29, 0.717) is 18.9 Å². The monoisotopic (exact) mass is 344 g/mol. The van der Waals surface area contributed by atoms with Crippen LogP contribution in [-0.4, -0.2) is 60.2 Å². The number of pyridine rings is 1. The normalized spacial score (nSPS) is 22.7. The molecule has 0 radical (unpaired) electrons. The van der Waals surface area contributed by atoms with Crippen molar-refractivity contribution in [2.45, 2.75) is 26.1 Å². The third kappa shape index (κ3) is 4.85. The van der Waals surface area contributed by atoms with E-state index in [9.17, 15) is 18.5 Å². The van der Waals surface area contributed by atoms with E-state index in [1.807, 2.05) is 13.8 Å². The van der Waals surface area contributed by atoms with Crippen molar-refractivity contribution in [2.75, 3.05) is 30.7 Å². The molecular weight excluding hydrogens is 324 g/mol. The van der Waals surface area contributed by atoms with Gasteiger partial charge in [-0.2, -0.15) is 4.31 Å². The minimum atomic E-state index is -3.39. The maximum absolute atomic E-state index is 12.3. The highest BCUT2D eigenvalue weighted by Crippen LogP contribution is 2.15. The molecule has 2 heterocycles. The lowest BCUT2D eigenvalue weighted by molar-refractivity contribution is -0.385. The summed E-state index contributed by atoms with van der Waals surface area (Å²) in [5.41, 5.74) is -0.112. The van der Waals surface area contributed by atoms with Gasteiger partial charge >= 0.3 is 0 Å². The van der Waals surface area contributed by atoms with Crippen LogP contribution in [0.5, 0.6) is 0 Å². The molecule has 0 spiro atoms. The van der Waals surface area contributed by atoms with E-state index >= 15 is 0 Å². The fourth-order valence-corrected chi connectivity index (χ4v) is 3.89. The molecule has 10 heteroatoms. The molecular formula is C13H20N4O5S. The molecule has 23 heavy (non-hydrogen) atoms. The molecule has 0 aliphatic carbocycles. The first-order valence-corrected chi connectivity index (χ1v) is 8.86. The quantitative estimate of drug-likeness (QED) is 0.600. The highest BCUT2D eigenvalue weighted by molar-refractivity contribution is 7.89. The van der Waals surface area contributed by atoms with Crippen molar-refractivity contribution in [1.82, 2.24) is 9.29 Å². The first-order valence-electron chi connectivity index (χ1n) is 7.25. The minimum absolute atomic E-state index is 0.0783. The molecule has 1 aromatic heterocycles. The van der Waals surface area contributed by atoms with Crippen LogP contribution in [-0.2, 0) is 14.8 Å². The Kier molecular flexibility index (Phi) is 5.50. The molecule has 1 N–H and O–H groups in total. The third-order valence-corrected chi connectivity index (χ3v) is 5.21. The van der Waals surface area contributed by atoms with Gasteiger partial charge in [0.15, 0.2) is 0 Å². The minimum Gasteiger partial charge on any atom is -0.373 e. The lowest BCUT2D eigenvalue weighted by Gasteiger charge is -2.34. The van der Waals surface area contributed by atoms with E-state index in [-0.39, 0.29) is 30.2 Å². The predicted octanol–water partition coefficient (Wildman–Crippen LogP) is 0.841. The van der Waals surface area contributed by atoms with Crippen LogP contribution in [0, 0.1) is 10.1 Å². The molecule has 1 fully saturated rings. The van der Waals surface area contributed by atoms with Crippen LogP contribution < -0.4 is 5.32 Å². The van der Waals surface area contributed by atoms with Gasteiger partial charge in [-0.15, -0.1) is 0 Å². The van der Waals surface area contributed by atoms with Gasteiger partial charge < -0.3 is 10.1 Å². The van der Waals surface area contributed by atoms with Crippen LogP contribution >= 0.6 is 0 Å². The highest BCUT2D eigenvalue weighted by atomic mass is 32.2. The van der Waals surface area contributed by atoms with Crippen molar-refractivity contribution in [3.05, 3.63) is 28.4 Å². The number of ether oxygens (including phenoxy) is 1. The number of aromatic nitrogens is 1. The molecule has 1 aromatic rings. The Hall–Kier alpha value is -1.78. The first kappa shape index (κ1) is 17.6. The topological polar surface area (TPSA) is 115 Å². The predicted molar refractivity (Wildman–Crippen MR) is 84.7 cm³/mol. The second kappa shape index (κ2) is 7.20. The molecule has 0 bridgehead atoms. The van der Waals surface area contributed by atoms with Crippen molar-refractivity contribution in [3.63, 3.8) is 0 Å². The van der Waals surface area contributed by atoms with Gasteiger partial charge in [0, 0.05) is 25.7 Å². The number of nitrogens with zero attached hydrogens (tertiary/aromatic N) is 3. The Morgan fingerprint density at radius 2 is 2.04 bits per heavy atom. The zero-order valence-corrected chi connectivity index (χ0v) is 13.8. The van der Waals surface area contributed by atoms with E-state index in [1.54, 1.807) is 0 Å². The molecule has 1 saturated heterocycles. The van der Waals surface area contributed by atoms with Crippen molar-refractivity contribution >= 4 is 21.5 Å². The van der Waals surface area contributed by atoms with Gasteiger partial charge in [-0.1, -0.05) is 0 Å². The van der Waals surface area contributed by atoms with Gasteiger partial charge in [0.05, 0.1) is 22.9 Å². The van der Waals surface area contributed by atoms with Gasteiger partial charge in [-0.25, -0.2) is 13.4 Å². The van der Waals surface area contributed by atoms with Crippen LogP contribution in [0.4, 0.5) is 11.5 Å². The third-order valence-electron chi connectivity index (χ3n) is 3.40. The molecule has 1 aliphatic rings. The summed E-state index contributed by atoms with van der Waals surface area (Å²) < 4.78 is 31.6. The second-order valence-corrected chi connectivity index (χ2v) is 7.56. The van der Waals surface area contributed by atoms with Crippen LogP contribution in [0.1, 0.15) is 13.8 Å². The summed E-state index contributed by atoms with van der Waals surface area (Å²) in [7, 11) is -3.39. The van der Waals surface area contributed by atoms with Gasteiger partial charge in [0.2, 0.25) is 10.0 Å². The number of morpholine rings is 1. The first-order chi connectivity index (χ1) is 10.8. The summed E-state index contributed by atoms with van der Waals surface area (Å²) >= 11 is 0. The summed E-state index contributed by atoms with van der Waals surface area (Å²) in [5, 5.41) is 13.4. The van der Waals surface area contributed by atoms with Crippen LogP contribution in [0.25, 0.3) is 0 Å². The summed E-state index contributed by atoms with van der Waals surface area (Å²) in [4.78, 5) is 13.9. The maximum Gasteiger partial charge on any atom is 0.287 e. The van der Waals surface area contributed by atoms with Gasteiger partial charge in [0.25, 0.3) is 5.69 Å². The van der Waals surface area contributed by atoms with Gasteiger partial charge in [-0.05, 0) is 19.9 Å². The van der Waals surface area contributed by atoms with Gasteiger partial charge in [0.1, 0.15) is 12.0 Å². The van der Waals surface area contributed by atoms with Crippen LogP contribution in [0.3, 0.4) is 0 Å². The standard InChI is InChI=1S/C13H20N4O5S/c1-10-8-16(9-11(2)22-10)23(20,21)6-5-14-13-4-3-12(7-15-13)17(18)19/h3-4,7,10-11H,5-6,8-9H2,1-2H3,(H,14,15)/t10-,11-/m1/s1. The number of nitrogens with one attached hydrogen (secondary N) is 1. The number of sulfonamides is 1. The maximum atomic E-state index is 12.3. The second-order valence-electron chi connectivity index (χ2n) is 5.48. The molecule has 2 rings (SSSR count). The van der Waals surface area contributed by atoms with Crippen LogP contribution in [0.2, 0.25) is 0 Å². The largest absolute Gasteiger partial charge is 0.373 e. The van der Waals surface area contributed by atoms with Crippen LogP contribution in [0.15, 0.2) is 18.3 Å². The Balaban J connectivity index is 1.88. The zero-order chi connectivity index (χ0) is 17.0. The molecule has 128 valence electrons. The SMILES string of the molecule is C[C@@H]1CN(S(=O)(=O)CCNc2ccc([N+](=O)[O-])cn2)C[C@@H](C)O1. The lowest BCUT2D eigenvalue weighted by Crippen LogP contribution is -2.49. The molecule has 1 aliphatic heterocycles. The van der Waals surface area contributed by atoms with E-state index in [1.165, 1.54) is 16.4 Å². The number of anilines is 1. The molecule has 0 unspecified atom stereocenters. The van der Waals surface area contributed by atoms with E-state index < -0.39 is 14.9 Å². The molecule has 2 atom stereocenters. The fourth-order valence-electron chi connectivity index (χ4n) is 2.39. The smallest absolute Gasteiger partial charge is 0.287 e. The van der Waals surface area contributed by atoms with Crippen molar-refractivity contribution < 1.29 is 18.1 Å². The average molecular weight is 344 g/mol. The number of hydrogen-bond acceptors (Lipinski definition) is 7. The van der Waals surface area contributed by atoms with Crippen molar-refractivity contribution in [3.8, 4) is 0 Å². The summed E-state index contributed by atoms with van der Waals surface area (Å²) in [5.74, 6) is 0.319. The molecule has 0 amide bonds. The Bertz CT molecular complexity index is 639. The molecule has 9 nitrogen and oxygen atoms in total. The summed E-state index contributed by atoms with van der Waals surface area (Å²) in [6, 6.07) is 2.76. The average Bonchev–Trinajstić information content (AvgIpc) is 2.46. The molecule has 0 saturated carbocycles. The van der Waals surface area contributed by atoms with Crippen molar-refractivity contribution in [2.24, 2.45) is 0 Å². The molecule has 0 aromatic carbocycles. The van der Waals surface area contributed by atoms with E-state index in [0.717, 1.165) is 6.20 Å². The summed E-state index contributed by atoms with van der Waals surface area (Å²) in [6.07, 6.45) is 0.873. The Morgan fingerprint density at radius 1 is 1.39 bits per heavy atom.